The van der Waals surface area contributed by atoms with Gasteiger partial charge < -0.3 is 15.0 Å². The van der Waals surface area contributed by atoms with Gasteiger partial charge in [0.1, 0.15) is 18.3 Å². The maximum absolute atomic E-state index is 14.7. The molecule has 4 aromatic rings. The molecule has 2 amide bonds. The molecule has 1 atom stereocenters. The fourth-order valence-corrected chi connectivity index (χ4v) is 7.58. The Balaban J connectivity index is 1.58. The molecule has 47 heavy (non-hydrogen) atoms. The standard InChI is InChI=1S/C37H40ClN3O5S/c1-27-11-6-9-18-34(27)41(47(44,45)33-21-19-30(38)20-22-33)26-36(42)40(25-29-14-10-17-32(23-29)46-2)35(24-28-12-4-3-5-13-28)37(43)39-31-15-7-8-16-31/h3-6,9-14,17-23,31,35H,7-8,15-16,24-26H2,1-2H3,(H,39,43). The molecule has 0 heterocycles. The molecule has 1 unspecified atom stereocenters. The first-order chi connectivity index (χ1) is 22.7. The number of nitrogens with zero attached hydrogens (tertiary/aromatic N) is 2. The Labute approximate surface area is 282 Å². The van der Waals surface area contributed by atoms with E-state index in [4.69, 9.17) is 16.3 Å². The van der Waals surface area contributed by atoms with Gasteiger partial charge in [0, 0.05) is 24.0 Å². The third-order valence-electron chi connectivity index (χ3n) is 8.52. The number of rotatable bonds is 13. The smallest absolute Gasteiger partial charge is 0.264 e. The lowest BCUT2D eigenvalue weighted by Gasteiger charge is -2.34. The molecule has 0 saturated heterocycles. The van der Waals surface area contributed by atoms with Crippen molar-refractivity contribution in [2.24, 2.45) is 0 Å². The minimum atomic E-state index is -4.22. The Morgan fingerprint density at radius 2 is 1.55 bits per heavy atom. The number of aryl methyl sites for hydroxylation is 1. The maximum Gasteiger partial charge on any atom is 0.264 e. The van der Waals surface area contributed by atoms with E-state index in [9.17, 15) is 18.0 Å². The maximum atomic E-state index is 14.7. The van der Waals surface area contributed by atoms with E-state index < -0.39 is 28.5 Å². The summed E-state index contributed by atoms with van der Waals surface area (Å²) >= 11 is 6.08. The number of benzene rings is 4. The van der Waals surface area contributed by atoms with Crippen molar-refractivity contribution in [3.05, 3.63) is 125 Å². The van der Waals surface area contributed by atoms with Crippen LogP contribution in [0.5, 0.6) is 5.75 Å². The Hall–Kier alpha value is -4.34. The number of para-hydroxylation sites is 1. The number of hydrogen-bond acceptors (Lipinski definition) is 5. The predicted molar refractivity (Wildman–Crippen MR) is 185 cm³/mol. The van der Waals surface area contributed by atoms with Crippen LogP contribution in [0.4, 0.5) is 5.69 Å². The fraction of sp³-hybridized carbons (Fsp3) is 0.297. The van der Waals surface area contributed by atoms with Crippen LogP contribution in [0.25, 0.3) is 0 Å². The van der Waals surface area contributed by atoms with Gasteiger partial charge in [-0.25, -0.2) is 8.42 Å². The van der Waals surface area contributed by atoms with Gasteiger partial charge in [-0.1, -0.05) is 85.1 Å². The topological polar surface area (TPSA) is 96.0 Å². The van der Waals surface area contributed by atoms with Crippen molar-refractivity contribution in [3.8, 4) is 5.75 Å². The van der Waals surface area contributed by atoms with Gasteiger partial charge in [-0.2, -0.15) is 0 Å². The minimum Gasteiger partial charge on any atom is -0.497 e. The quantitative estimate of drug-likeness (QED) is 0.174. The summed E-state index contributed by atoms with van der Waals surface area (Å²) in [7, 11) is -2.66. The molecule has 10 heteroatoms. The zero-order valence-corrected chi connectivity index (χ0v) is 28.2. The summed E-state index contributed by atoms with van der Waals surface area (Å²) in [4.78, 5) is 30.3. The number of halogens is 1. The average molecular weight is 674 g/mol. The van der Waals surface area contributed by atoms with E-state index in [1.165, 1.54) is 29.2 Å². The van der Waals surface area contributed by atoms with Crippen molar-refractivity contribution >= 4 is 39.1 Å². The van der Waals surface area contributed by atoms with E-state index in [2.05, 4.69) is 5.32 Å². The Kier molecular flexibility index (Phi) is 11.2. The molecule has 1 fully saturated rings. The number of ether oxygens (including phenoxy) is 1. The molecule has 1 aliphatic carbocycles. The number of carbonyl (C=O) groups is 2. The van der Waals surface area contributed by atoms with E-state index in [-0.39, 0.29) is 29.8 Å². The predicted octanol–water partition coefficient (Wildman–Crippen LogP) is 6.55. The van der Waals surface area contributed by atoms with Crippen LogP contribution in [0.2, 0.25) is 5.02 Å². The van der Waals surface area contributed by atoms with Crippen LogP contribution in [0.3, 0.4) is 0 Å². The number of hydrogen-bond donors (Lipinski definition) is 1. The van der Waals surface area contributed by atoms with Crippen LogP contribution < -0.4 is 14.4 Å². The Bertz CT molecular complexity index is 1780. The van der Waals surface area contributed by atoms with Gasteiger partial charge in [0.15, 0.2) is 0 Å². The zero-order chi connectivity index (χ0) is 33.4. The Morgan fingerprint density at radius 3 is 2.23 bits per heavy atom. The molecule has 0 radical (unpaired) electrons. The third-order valence-corrected chi connectivity index (χ3v) is 10.6. The van der Waals surface area contributed by atoms with Crippen molar-refractivity contribution in [3.63, 3.8) is 0 Å². The summed E-state index contributed by atoms with van der Waals surface area (Å²) in [5.74, 6) is -0.173. The van der Waals surface area contributed by atoms with Gasteiger partial charge in [-0.15, -0.1) is 0 Å². The van der Waals surface area contributed by atoms with Crippen molar-refractivity contribution < 1.29 is 22.7 Å². The van der Waals surface area contributed by atoms with E-state index in [1.54, 1.807) is 32.2 Å². The summed E-state index contributed by atoms with van der Waals surface area (Å²) in [6.07, 6.45) is 4.09. The number of carbonyl (C=O) groups excluding carboxylic acids is 2. The van der Waals surface area contributed by atoms with Gasteiger partial charge in [0.2, 0.25) is 11.8 Å². The summed E-state index contributed by atoms with van der Waals surface area (Å²) in [6.45, 7) is 1.33. The van der Waals surface area contributed by atoms with E-state index in [0.717, 1.165) is 41.1 Å². The number of nitrogens with one attached hydrogen (secondary N) is 1. The average Bonchev–Trinajstić information content (AvgIpc) is 3.59. The summed E-state index contributed by atoms with van der Waals surface area (Å²) in [5.41, 5.74) is 2.67. The van der Waals surface area contributed by atoms with Gasteiger partial charge in [0.05, 0.1) is 17.7 Å². The molecular weight excluding hydrogens is 634 g/mol. The molecule has 4 aromatic carbocycles. The highest BCUT2D eigenvalue weighted by Gasteiger charge is 2.36. The molecule has 1 N–H and O–H groups in total. The van der Waals surface area contributed by atoms with Crippen molar-refractivity contribution in [2.45, 2.75) is 62.6 Å². The lowest BCUT2D eigenvalue weighted by atomic mass is 10.0. The van der Waals surface area contributed by atoms with Crippen LogP contribution in [0.1, 0.15) is 42.4 Å². The second kappa shape index (κ2) is 15.5. The Morgan fingerprint density at radius 1 is 0.894 bits per heavy atom. The third kappa shape index (κ3) is 8.53. The van der Waals surface area contributed by atoms with Crippen LogP contribution in [0, 0.1) is 6.92 Å². The molecule has 0 aromatic heterocycles. The highest BCUT2D eigenvalue weighted by Crippen LogP contribution is 2.29. The number of methoxy groups -OCH3 is 1. The fourth-order valence-electron chi connectivity index (χ4n) is 5.98. The van der Waals surface area contributed by atoms with E-state index in [0.29, 0.717) is 22.0 Å². The first kappa shape index (κ1) is 34.0. The second-order valence-corrected chi connectivity index (χ2v) is 14.1. The number of amides is 2. The van der Waals surface area contributed by atoms with Crippen molar-refractivity contribution in [2.75, 3.05) is 18.0 Å². The highest BCUT2D eigenvalue weighted by molar-refractivity contribution is 7.92. The monoisotopic (exact) mass is 673 g/mol. The van der Waals surface area contributed by atoms with Gasteiger partial charge in [-0.3, -0.25) is 13.9 Å². The van der Waals surface area contributed by atoms with Crippen LogP contribution >= 0.6 is 11.6 Å². The minimum absolute atomic E-state index is 0.00268. The van der Waals surface area contributed by atoms with Crippen LogP contribution in [-0.4, -0.2) is 50.9 Å². The van der Waals surface area contributed by atoms with Crippen LogP contribution in [0.15, 0.2) is 108 Å². The molecule has 0 bridgehead atoms. The summed E-state index contributed by atoms with van der Waals surface area (Å²) in [6, 6.07) is 28.9. The molecule has 0 aliphatic heterocycles. The first-order valence-corrected chi connectivity index (χ1v) is 17.6. The second-order valence-electron chi connectivity index (χ2n) is 11.8. The lowest BCUT2D eigenvalue weighted by Crippen LogP contribution is -2.54. The molecular formula is C37H40ClN3O5S. The van der Waals surface area contributed by atoms with Gasteiger partial charge in [0.25, 0.3) is 10.0 Å². The van der Waals surface area contributed by atoms with E-state index >= 15 is 0 Å². The number of anilines is 1. The normalized spacial score (nSPS) is 13.9. The molecule has 246 valence electrons. The molecule has 1 aliphatic rings. The molecule has 5 rings (SSSR count). The summed E-state index contributed by atoms with van der Waals surface area (Å²) in [5, 5.41) is 3.59. The molecule has 0 spiro atoms. The lowest BCUT2D eigenvalue weighted by molar-refractivity contribution is -0.140. The first-order valence-electron chi connectivity index (χ1n) is 15.8. The molecule has 1 saturated carbocycles. The SMILES string of the molecule is COc1cccc(CN(C(=O)CN(c2ccccc2C)S(=O)(=O)c2ccc(Cl)cc2)C(Cc2ccccc2)C(=O)NC2CCCC2)c1. The van der Waals surface area contributed by atoms with Crippen molar-refractivity contribution in [1.82, 2.24) is 10.2 Å². The van der Waals surface area contributed by atoms with Gasteiger partial charge in [-0.05, 0) is 78.9 Å². The number of sulfonamides is 1. The van der Waals surface area contributed by atoms with Gasteiger partial charge >= 0.3 is 0 Å². The van der Waals surface area contributed by atoms with E-state index in [1.807, 2.05) is 60.7 Å². The zero-order valence-electron chi connectivity index (χ0n) is 26.6. The molecule has 8 nitrogen and oxygen atoms in total. The largest absolute Gasteiger partial charge is 0.497 e. The van der Waals surface area contributed by atoms with Crippen LogP contribution in [-0.2, 0) is 32.6 Å². The van der Waals surface area contributed by atoms with Crippen molar-refractivity contribution in [1.29, 1.82) is 0 Å². The highest BCUT2D eigenvalue weighted by atomic mass is 35.5. The summed E-state index contributed by atoms with van der Waals surface area (Å²) < 4.78 is 35.0.